The van der Waals surface area contributed by atoms with Crippen molar-refractivity contribution < 1.29 is 4.79 Å². The van der Waals surface area contributed by atoms with Crippen molar-refractivity contribution in [3.8, 4) is 0 Å². The predicted molar refractivity (Wildman–Crippen MR) is 92.8 cm³/mol. The van der Waals surface area contributed by atoms with Gasteiger partial charge in [-0.1, -0.05) is 37.1 Å². The van der Waals surface area contributed by atoms with Crippen LogP contribution in [-0.2, 0) is 6.54 Å². The molecule has 0 radical (unpaired) electrons. The van der Waals surface area contributed by atoms with Gasteiger partial charge < -0.3 is 10.6 Å². The maximum Gasteiger partial charge on any atom is 0.270 e. The Morgan fingerprint density at radius 3 is 2.65 bits per heavy atom. The Morgan fingerprint density at radius 1 is 1.22 bits per heavy atom. The number of aryl methyl sites for hydroxylation is 1. The lowest BCUT2D eigenvalue weighted by atomic mass is 10.2. The van der Waals surface area contributed by atoms with Gasteiger partial charge in [0.05, 0.1) is 0 Å². The minimum Gasteiger partial charge on any atom is -0.370 e. The summed E-state index contributed by atoms with van der Waals surface area (Å²) in [6.45, 7) is 5.17. The Bertz CT molecular complexity index is 658. The van der Waals surface area contributed by atoms with Crippen LogP contribution in [0, 0.1) is 6.92 Å². The van der Waals surface area contributed by atoms with E-state index in [0.717, 1.165) is 24.9 Å². The van der Waals surface area contributed by atoms with Crippen molar-refractivity contribution in [2.45, 2.75) is 33.2 Å². The molecular weight excluding hydrogens is 312 g/mol. The van der Waals surface area contributed by atoms with E-state index in [-0.39, 0.29) is 5.91 Å². The molecule has 0 fully saturated rings. The molecule has 5 nitrogen and oxygen atoms in total. The summed E-state index contributed by atoms with van der Waals surface area (Å²) >= 11 is 5.85. The van der Waals surface area contributed by atoms with Crippen LogP contribution in [0.25, 0.3) is 0 Å². The smallest absolute Gasteiger partial charge is 0.270 e. The molecule has 0 aliphatic carbocycles. The number of aromatic nitrogens is 2. The van der Waals surface area contributed by atoms with E-state index in [0.29, 0.717) is 28.9 Å². The van der Waals surface area contributed by atoms with Gasteiger partial charge in [-0.15, -0.1) is 0 Å². The molecule has 1 aromatic heterocycles. The predicted octanol–water partition coefficient (Wildman–Crippen LogP) is 3.58. The summed E-state index contributed by atoms with van der Waals surface area (Å²) in [5, 5.41) is 6.75. The lowest BCUT2D eigenvalue weighted by Gasteiger charge is -2.09. The summed E-state index contributed by atoms with van der Waals surface area (Å²) in [7, 11) is 0. The van der Waals surface area contributed by atoms with E-state index in [2.05, 4.69) is 27.5 Å². The molecular formula is C17H21ClN4O. The summed E-state index contributed by atoms with van der Waals surface area (Å²) in [5.74, 6) is 1.04. The Kier molecular flexibility index (Phi) is 6.35. The van der Waals surface area contributed by atoms with Crippen molar-refractivity contribution in [2.75, 3.05) is 11.9 Å². The topological polar surface area (TPSA) is 66.9 Å². The maximum absolute atomic E-state index is 12.3. The van der Waals surface area contributed by atoms with Gasteiger partial charge in [0.2, 0.25) is 0 Å². The Labute approximate surface area is 141 Å². The van der Waals surface area contributed by atoms with Gasteiger partial charge in [-0.25, -0.2) is 9.97 Å². The molecule has 0 saturated carbocycles. The zero-order valence-electron chi connectivity index (χ0n) is 13.4. The number of nitrogens with one attached hydrogen (secondary N) is 2. The second-order valence-corrected chi connectivity index (χ2v) is 5.71. The zero-order chi connectivity index (χ0) is 16.7. The lowest BCUT2D eigenvalue weighted by Crippen LogP contribution is -2.24. The summed E-state index contributed by atoms with van der Waals surface area (Å²) < 4.78 is 0. The van der Waals surface area contributed by atoms with Gasteiger partial charge in [-0.3, -0.25) is 4.79 Å². The molecule has 2 rings (SSSR count). The fraction of sp³-hybridized carbons (Fsp3) is 0.353. The van der Waals surface area contributed by atoms with Crippen molar-refractivity contribution in [3.05, 3.63) is 52.4 Å². The molecule has 1 heterocycles. The van der Waals surface area contributed by atoms with Crippen LogP contribution in [-0.4, -0.2) is 22.4 Å². The number of anilines is 1. The highest BCUT2D eigenvalue weighted by molar-refractivity contribution is 6.30. The van der Waals surface area contributed by atoms with Gasteiger partial charge in [-0.05, 0) is 31.0 Å². The van der Waals surface area contributed by atoms with Crippen LogP contribution in [0.2, 0.25) is 5.02 Å². The third-order valence-corrected chi connectivity index (χ3v) is 3.53. The van der Waals surface area contributed by atoms with Crippen LogP contribution in [0.15, 0.2) is 30.3 Å². The Balaban J connectivity index is 1.99. The fourth-order valence-corrected chi connectivity index (χ4v) is 2.17. The number of carbonyl (C=O) groups excluding carboxylic acids is 1. The van der Waals surface area contributed by atoms with Crippen molar-refractivity contribution >= 4 is 23.3 Å². The van der Waals surface area contributed by atoms with E-state index in [1.165, 1.54) is 0 Å². The molecule has 0 spiro atoms. The number of benzene rings is 1. The highest BCUT2D eigenvalue weighted by Gasteiger charge is 2.10. The molecule has 2 aromatic rings. The number of amides is 1. The first kappa shape index (κ1) is 17.2. The second kappa shape index (κ2) is 8.48. The second-order valence-electron chi connectivity index (χ2n) is 5.28. The first-order valence-corrected chi connectivity index (χ1v) is 8.08. The average molecular weight is 333 g/mol. The van der Waals surface area contributed by atoms with Crippen LogP contribution in [0.3, 0.4) is 0 Å². The van der Waals surface area contributed by atoms with Gasteiger partial charge in [0.15, 0.2) is 0 Å². The molecule has 122 valence electrons. The molecule has 6 heteroatoms. The molecule has 2 N–H and O–H groups in total. The molecule has 0 aliphatic rings. The Hall–Kier alpha value is -2.14. The van der Waals surface area contributed by atoms with E-state index in [4.69, 9.17) is 11.6 Å². The van der Waals surface area contributed by atoms with Gasteiger partial charge in [0, 0.05) is 24.2 Å². The SMILES string of the molecule is CCCCNc1cc(C(=O)NCc2ccc(Cl)cc2)nc(C)n1. The van der Waals surface area contributed by atoms with Crippen LogP contribution >= 0.6 is 11.6 Å². The highest BCUT2D eigenvalue weighted by Crippen LogP contribution is 2.10. The van der Waals surface area contributed by atoms with Crippen molar-refractivity contribution in [2.24, 2.45) is 0 Å². The minimum atomic E-state index is -0.219. The van der Waals surface area contributed by atoms with E-state index >= 15 is 0 Å². The average Bonchev–Trinajstić information content (AvgIpc) is 2.54. The zero-order valence-corrected chi connectivity index (χ0v) is 14.2. The number of nitrogens with zero attached hydrogens (tertiary/aromatic N) is 2. The molecule has 0 saturated heterocycles. The number of carbonyl (C=O) groups is 1. The van der Waals surface area contributed by atoms with Crippen LogP contribution < -0.4 is 10.6 Å². The van der Waals surface area contributed by atoms with Crippen LogP contribution in [0.4, 0.5) is 5.82 Å². The monoisotopic (exact) mass is 332 g/mol. The molecule has 0 atom stereocenters. The maximum atomic E-state index is 12.3. The summed E-state index contributed by atoms with van der Waals surface area (Å²) in [5.41, 5.74) is 1.35. The number of hydrogen-bond donors (Lipinski definition) is 2. The number of unbranched alkanes of at least 4 members (excludes halogenated alkanes) is 1. The Morgan fingerprint density at radius 2 is 1.96 bits per heavy atom. The first-order chi connectivity index (χ1) is 11.1. The van der Waals surface area contributed by atoms with E-state index < -0.39 is 0 Å². The summed E-state index contributed by atoms with van der Waals surface area (Å²) in [6, 6.07) is 9.04. The fourth-order valence-electron chi connectivity index (χ4n) is 2.04. The van der Waals surface area contributed by atoms with Gasteiger partial charge in [0.1, 0.15) is 17.3 Å². The summed E-state index contributed by atoms with van der Waals surface area (Å²) in [4.78, 5) is 20.8. The quantitative estimate of drug-likeness (QED) is 0.760. The number of hydrogen-bond acceptors (Lipinski definition) is 4. The van der Waals surface area contributed by atoms with Crippen molar-refractivity contribution in [1.29, 1.82) is 0 Å². The van der Waals surface area contributed by atoms with Gasteiger partial charge >= 0.3 is 0 Å². The standard InChI is InChI=1S/C17H21ClN4O/c1-3-4-9-19-16-10-15(21-12(2)22-16)17(23)20-11-13-5-7-14(18)8-6-13/h5-8,10H,3-4,9,11H2,1-2H3,(H,20,23)(H,19,21,22). The van der Waals surface area contributed by atoms with Crippen molar-refractivity contribution in [1.82, 2.24) is 15.3 Å². The van der Waals surface area contributed by atoms with Crippen molar-refractivity contribution in [3.63, 3.8) is 0 Å². The molecule has 23 heavy (non-hydrogen) atoms. The first-order valence-electron chi connectivity index (χ1n) is 7.70. The lowest BCUT2D eigenvalue weighted by molar-refractivity contribution is 0.0945. The molecule has 0 aliphatic heterocycles. The summed E-state index contributed by atoms with van der Waals surface area (Å²) in [6.07, 6.45) is 2.16. The number of halogens is 1. The van der Waals surface area contributed by atoms with E-state index in [1.54, 1.807) is 25.1 Å². The highest BCUT2D eigenvalue weighted by atomic mass is 35.5. The van der Waals surface area contributed by atoms with Crippen LogP contribution in [0.5, 0.6) is 0 Å². The molecule has 1 aromatic carbocycles. The van der Waals surface area contributed by atoms with Gasteiger partial charge in [-0.2, -0.15) is 0 Å². The van der Waals surface area contributed by atoms with Crippen LogP contribution in [0.1, 0.15) is 41.6 Å². The molecule has 1 amide bonds. The van der Waals surface area contributed by atoms with E-state index in [9.17, 15) is 4.79 Å². The third-order valence-electron chi connectivity index (χ3n) is 3.27. The largest absolute Gasteiger partial charge is 0.370 e. The number of rotatable bonds is 7. The normalized spacial score (nSPS) is 10.4. The third kappa shape index (κ3) is 5.53. The molecule has 0 bridgehead atoms. The van der Waals surface area contributed by atoms with Gasteiger partial charge in [0.25, 0.3) is 5.91 Å². The minimum absolute atomic E-state index is 0.219. The van der Waals surface area contributed by atoms with E-state index in [1.807, 2.05) is 12.1 Å². The molecule has 0 unspecified atom stereocenters.